The average Bonchev–Trinajstić information content (AvgIpc) is 2.87. The lowest BCUT2D eigenvalue weighted by atomic mass is 10.1. The van der Waals surface area contributed by atoms with E-state index in [9.17, 15) is 13.2 Å². The van der Waals surface area contributed by atoms with E-state index < -0.39 is 11.7 Å². The fourth-order valence-electron chi connectivity index (χ4n) is 1.80. The van der Waals surface area contributed by atoms with E-state index in [4.69, 9.17) is 4.42 Å². The highest BCUT2D eigenvalue weighted by Gasteiger charge is 2.34. The molecule has 0 aliphatic heterocycles. The molecule has 2 rings (SSSR count). The van der Waals surface area contributed by atoms with Crippen LogP contribution in [0.15, 0.2) is 28.7 Å². The van der Waals surface area contributed by atoms with Crippen LogP contribution >= 0.6 is 0 Å². The molecule has 0 aliphatic carbocycles. The molecule has 0 amide bonds. The Balaban J connectivity index is 2.24. The molecule has 20 heavy (non-hydrogen) atoms. The Bertz CT molecular complexity index is 566. The van der Waals surface area contributed by atoms with Gasteiger partial charge in [0.05, 0.1) is 11.1 Å². The van der Waals surface area contributed by atoms with E-state index in [0.29, 0.717) is 12.3 Å². The lowest BCUT2D eigenvalue weighted by Crippen LogP contribution is -2.08. The van der Waals surface area contributed by atoms with E-state index in [1.807, 2.05) is 7.05 Å². The standard InChI is InChI=1S/C13H14F3N3O/c1-17-8-4-7-11-18-19-12(20-11)9-5-2-3-6-10(9)13(14,15)16/h2-3,5-6,17H,4,7-8H2,1H3. The third-order valence-corrected chi connectivity index (χ3v) is 2.75. The number of nitrogens with zero attached hydrogens (tertiary/aromatic N) is 2. The number of alkyl halides is 3. The van der Waals surface area contributed by atoms with Gasteiger partial charge in [-0.25, -0.2) is 0 Å². The molecule has 1 heterocycles. The van der Waals surface area contributed by atoms with Crippen LogP contribution in [0.2, 0.25) is 0 Å². The highest BCUT2D eigenvalue weighted by molar-refractivity contribution is 5.59. The summed E-state index contributed by atoms with van der Waals surface area (Å²) >= 11 is 0. The molecule has 0 bridgehead atoms. The molecule has 0 fully saturated rings. The number of hydrogen-bond acceptors (Lipinski definition) is 4. The maximum Gasteiger partial charge on any atom is 0.417 e. The van der Waals surface area contributed by atoms with Gasteiger partial charge in [-0.3, -0.25) is 0 Å². The molecule has 7 heteroatoms. The fourth-order valence-corrected chi connectivity index (χ4v) is 1.80. The molecule has 0 spiro atoms. The van der Waals surface area contributed by atoms with Crippen molar-refractivity contribution in [1.29, 1.82) is 0 Å². The summed E-state index contributed by atoms with van der Waals surface area (Å²) in [4.78, 5) is 0. The second kappa shape index (κ2) is 6.04. The van der Waals surface area contributed by atoms with E-state index in [-0.39, 0.29) is 11.5 Å². The van der Waals surface area contributed by atoms with Crippen LogP contribution in [0.4, 0.5) is 13.2 Å². The van der Waals surface area contributed by atoms with E-state index in [0.717, 1.165) is 19.0 Å². The third kappa shape index (κ3) is 3.36. The molecule has 0 unspecified atom stereocenters. The Hall–Kier alpha value is -1.89. The van der Waals surface area contributed by atoms with Crippen LogP contribution in [0.3, 0.4) is 0 Å². The second-order valence-electron chi connectivity index (χ2n) is 4.25. The lowest BCUT2D eigenvalue weighted by molar-refractivity contribution is -0.137. The molecule has 0 aliphatic rings. The zero-order valence-electron chi connectivity index (χ0n) is 10.9. The number of aromatic nitrogens is 2. The predicted molar refractivity (Wildman–Crippen MR) is 67.0 cm³/mol. The molecule has 0 saturated heterocycles. The van der Waals surface area contributed by atoms with Gasteiger partial charge < -0.3 is 9.73 Å². The largest absolute Gasteiger partial charge is 0.421 e. The van der Waals surface area contributed by atoms with Crippen LogP contribution in [-0.2, 0) is 12.6 Å². The molecule has 4 nitrogen and oxygen atoms in total. The first kappa shape index (κ1) is 14.5. The van der Waals surface area contributed by atoms with Gasteiger partial charge in [0.1, 0.15) is 0 Å². The molecule has 1 aromatic heterocycles. The van der Waals surface area contributed by atoms with Crippen LogP contribution in [-0.4, -0.2) is 23.8 Å². The summed E-state index contributed by atoms with van der Waals surface area (Å²) in [5.41, 5.74) is -0.863. The SMILES string of the molecule is CNCCCc1nnc(-c2ccccc2C(F)(F)F)o1. The van der Waals surface area contributed by atoms with Crippen LogP contribution in [0, 0.1) is 0 Å². The number of hydrogen-bond donors (Lipinski definition) is 1. The average molecular weight is 285 g/mol. The van der Waals surface area contributed by atoms with Crippen molar-refractivity contribution in [2.45, 2.75) is 19.0 Å². The van der Waals surface area contributed by atoms with Gasteiger partial charge in [0.15, 0.2) is 0 Å². The highest BCUT2D eigenvalue weighted by Crippen LogP contribution is 2.36. The monoisotopic (exact) mass is 285 g/mol. The molecular weight excluding hydrogens is 271 g/mol. The Labute approximate surface area is 114 Å². The minimum atomic E-state index is -4.45. The smallest absolute Gasteiger partial charge is 0.417 e. The Morgan fingerprint density at radius 1 is 1.20 bits per heavy atom. The number of nitrogens with one attached hydrogen (secondary N) is 1. The second-order valence-corrected chi connectivity index (χ2v) is 4.25. The van der Waals surface area contributed by atoms with Gasteiger partial charge in [0, 0.05) is 6.42 Å². The summed E-state index contributed by atoms with van der Waals surface area (Å²) in [6, 6.07) is 5.17. The van der Waals surface area contributed by atoms with E-state index >= 15 is 0 Å². The van der Waals surface area contributed by atoms with Crippen molar-refractivity contribution in [3.05, 3.63) is 35.7 Å². The number of halogens is 3. The summed E-state index contributed by atoms with van der Waals surface area (Å²) < 4.78 is 44.0. The zero-order chi connectivity index (χ0) is 14.6. The van der Waals surface area contributed by atoms with Gasteiger partial charge in [-0.05, 0) is 32.1 Å². The molecule has 0 radical (unpaired) electrons. The molecule has 2 aromatic rings. The highest BCUT2D eigenvalue weighted by atomic mass is 19.4. The predicted octanol–water partition coefficient (Wildman–Crippen LogP) is 2.91. The summed E-state index contributed by atoms with van der Waals surface area (Å²) in [5.74, 6) is 0.240. The van der Waals surface area contributed by atoms with Crippen molar-refractivity contribution in [3.8, 4) is 11.5 Å². The molecule has 0 saturated carbocycles. The summed E-state index contributed by atoms with van der Waals surface area (Å²) in [6.07, 6.45) is -3.14. The van der Waals surface area contributed by atoms with Gasteiger partial charge >= 0.3 is 6.18 Å². The van der Waals surface area contributed by atoms with Crippen LogP contribution in [0.5, 0.6) is 0 Å². The minimum Gasteiger partial charge on any atom is -0.421 e. The van der Waals surface area contributed by atoms with Gasteiger partial charge in [-0.1, -0.05) is 12.1 Å². The molecule has 0 atom stereocenters. The van der Waals surface area contributed by atoms with Crippen LogP contribution < -0.4 is 5.32 Å². The summed E-state index contributed by atoms with van der Waals surface area (Å²) in [7, 11) is 1.82. The lowest BCUT2D eigenvalue weighted by Gasteiger charge is -2.09. The van der Waals surface area contributed by atoms with E-state index in [2.05, 4.69) is 15.5 Å². The summed E-state index contributed by atoms with van der Waals surface area (Å²) in [6.45, 7) is 0.775. The first-order valence-corrected chi connectivity index (χ1v) is 6.16. The molecule has 1 N–H and O–H groups in total. The van der Waals surface area contributed by atoms with Crippen molar-refractivity contribution in [2.75, 3.05) is 13.6 Å². The first-order chi connectivity index (χ1) is 9.52. The maximum absolute atomic E-state index is 12.9. The van der Waals surface area contributed by atoms with Crippen molar-refractivity contribution in [3.63, 3.8) is 0 Å². The van der Waals surface area contributed by atoms with E-state index in [1.165, 1.54) is 18.2 Å². The van der Waals surface area contributed by atoms with Crippen molar-refractivity contribution < 1.29 is 17.6 Å². The number of aryl methyl sites for hydroxylation is 1. The normalized spacial score (nSPS) is 11.8. The Morgan fingerprint density at radius 2 is 1.95 bits per heavy atom. The molecule has 1 aromatic carbocycles. The Kier molecular flexibility index (Phi) is 4.39. The van der Waals surface area contributed by atoms with Gasteiger partial charge in [-0.2, -0.15) is 13.2 Å². The van der Waals surface area contributed by atoms with Crippen LogP contribution in [0.25, 0.3) is 11.5 Å². The van der Waals surface area contributed by atoms with Crippen molar-refractivity contribution in [2.24, 2.45) is 0 Å². The zero-order valence-corrected chi connectivity index (χ0v) is 10.9. The summed E-state index contributed by atoms with van der Waals surface area (Å²) in [5, 5.41) is 10.4. The number of rotatable bonds is 5. The Morgan fingerprint density at radius 3 is 2.65 bits per heavy atom. The fraction of sp³-hybridized carbons (Fsp3) is 0.385. The van der Waals surface area contributed by atoms with Crippen molar-refractivity contribution >= 4 is 0 Å². The third-order valence-electron chi connectivity index (χ3n) is 2.75. The molecular formula is C13H14F3N3O. The maximum atomic E-state index is 12.9. The van der Waals surface area contributed by atoms with E-state index in [1.54, 1.807) is 0 Å². The van der Waals surface area contributed by atoms with Gasteiger partial charge in [-0.15, -0.1) is 10.2 Å². The minimum absolute atomic E-state index is 0.0904. The first-order valence-electron chi connectivity index (χ1n) is 6.16. The van der Waals surface area contributed by atoms with Crippen molar-refractivity contribution in [1.82, 2.24) is 15.5 Å². The quantitative estimate of drug-likeness (QED) is 0.858. The van der Waals surface area contributed by atoms with Gasteiger partial charge in [0.25, 0.3) is 0 Å². The number of benzene rings is 1. The topological polar surface area (TPSA) is 51.0 Å². The van der Waals surface area contributed by atoms with Crippen LogP contribution in [0.1, 0.15) is 17.9 Å². The molecule has 108 valence electrons. The van der Waals surface area contributed by atoms with Gasteiger partial charge in [0.2, 0.25) is 11.8 Å².